The van der Waals surface area contributed by atoms with Crippen molar-refractivity contribution in [3.63, 3.8) is 0 Å². The number of nitrogens with zero attached hydrogens (tertiary/aromatic N) is 3. The summed E-state index contributed by atoms with van der Waals surface area (Å²) in [5.41, 5.74) is 4.80. The lowest BCUT2D eigenvalue weighted by Crippen LogP contribution is -2.43. The number of aromatic nitrogens is 2. The van der Waals surface area contributed by atoms with Gasteiger partial charge >= 0.3 is 0 Å². The standard InChI is InChI=1S/C23H23N5O3/c1-30-18-3-2-15-10-17(11-16(15)12-18)23-26-14-21(31-23)22(29)27-19-13-25-5-4-20(19)28-8-6-24-7-9-28/h2-5,11-14,24H,6-10H2,1H3,(H,27,29). The fraction of sp³-hybridized carbons (Fsp3) is 0.261. The van der Waals surface area contributed by atoms with E-state index in [-0.39, 0.29) is 11.7 Å². The van der Waals surface area contributed by atoms with Crippen molar-refractivity contribution < 1.29 is 13.9 Å². The molecule has 2 aliphatic rings. The number of benzene rings is 1. The molecule has 3 heterocycles. The Bertz CT molecular complexity index is 1150. The van der Waals surface area contributed by atoms with Crippen LogP contribution in [0, 0.1) is 0 Å². The van der Waals surface area contributed by atoms with E-state index < -0.39 is 0 Å². The number of rotatable bonds is 5. The summed E-state index contributed by atoms with van der Waals surface area (Å²) >= 11 is 0. The first kappa shape index (κ1) is 19.3. The summed E-state index contributed by atoms with van der Waals surface area (Å²) < 4.78 is 11.1. The van der Waals surface area contributed by atoms with Crippen molar-refractivity contribution in [3.8, 4) is 5.75 Å². The summed E-state index contributed by atoms with van der Waals surface area (Å²) in [4.78, 5) is 23.6. The van der Waals surface area contributed by atoms with Crippen LogP contribution in [0.4, 0.5) is 11.4 Å². The molecular formula is C23H23N5O3. The lowest BCUT2D eigenvalue weighted by Gasteiger charge is -2.30. The maximum absolute atomic E-state index is 12.8. The van der Waals surface area contributed by atoms with E-state index in [9.17, 15) is 4.79 Å². The highest BCUT2D eigenvalue weighted by Crippen LogP contribution is 2.33. The number of anilines is 2. The van der Waals surface area contributed by atoms with Gasteiger partial charge < -0.3 is 24.7 Å². The smallest absolute Gasteiger partial charge is 0.293 e. The van der Waals surface area contributed by atoms with Gasteiger partial charge in [0.2, 0.25) is 11.7 Å². The predicted octanol–water partition coefficient (Wildman–Crippen LogP) is 2.84. The number of amides is 1. The van der Waals surface area contributed by atoms with E-state index in [1.807, 2.05) is 30.3 Å². The first-order chi connectivity index (χ1) is 15.2. The van der Waals surface area contributed by atoms with Crippen molar-refractivity contribution in [2.45, 2.75) is 6.42 Å². The van der Waals surface area contributed by atoms with Crippen molar-refractivity contribution in [2.24, 2.45) is 0 Å². The maximum atomic E-state index is 12.8. The highest BCUT2D eigenvalue weighted by molar-refractivity contribution is 6.04. The molecule has 1 saturated heterocycles. The Kier molecular flexibility index (Phi) is 5.13. The molecule has 31 heavy (non-hydrogen) atoms. The largest absolute Gasteiger partial charge is 0.497 e. The zero-order chi connectivity index (χ0) is 21.2. The number of allylic oxidation sites excluding steroid dienone is 1. The molecule has 0 radical (unpaired) electrons. The number of methoxy groups -OCH3 is 1. The quantitative estimate of drug-likeness (QED) is 0.659. The van der Waals surface area contributed by atoms with E-state index >= 15 is 0 Å². The second kappa shape index (κ2) is 8.23. The molecule has 1 aliphatic carbocycles. The third-order valence-electron chi connectivity index (χ3n) is 5.57. The second-order valence-corrected chi connectivity index (χ2v) is 7.52. The van der Waals surface area contributed by atoms with Gasteiger partial charge in [-0.1, -0.05) is 6.07 Å². The first-order valence-corrected chi connectivity index (χ1v) is 10.3. The van der Waals surface area contributed by atoms with E-state index in [1.165, 1.54) is 11.8 Å². The number of oxazole rings is 1. The average molecular weight is 417 g/mol. The van der Waals surface area contributed by atoms with Crippen LogP contribution < -0.4 is 20.3 Å². The van der Waals surface area contributed by atoms with Gasteiger partial charge in [-0.05, 0) is 35.4 Å². The van der Waals surface area contributed by atoms with Gasteiger partial charge in [0.05, 0.1) is 30.9 Å². The molecule has 2 aromatic heterocycles. The number of nitrogens with one attached hydrogen (secondary N) is 2. The number of piperazine rings is 1. The normalized spacial score (nSPS) is 15.4. The Morgan fingerprint density at radius 1 is 1.23 bits per heavy atom. The molecule has 8 nitrogen and oxygen atoms in total. The summed E-state index contributed by atoms with van der Waals surface area (Å²) in [6.07, 6.45) is 7.59. The highest BCUT2D eigenvalue weighted by Gasteiger charge is 2.22. The minimum Gasteiger partial charge on any atom is -0.497 e. The molecule has 0 saturated carbocycles. The van der Waals surface area contributed by atoms with Crippen LogP contribution in [0.3, 0.4) is 0 Å². The number of carbonyl (C=O) groups excluding carboxylic acids is 1. The van der Waals surface area contributed by atoms with Gasteiger partial charge in [-0.2, -0.15) is 0 Å². The maximum Gasteiger partial charge on any atom is 0.293 e. The van der Waals surface area contributed by atoms with E-state index in [0.717, 1.165) is 48.8 Å². The van der Waals surface area contributed by atoms with Crippen LogP contribution in [0.2, 0.25) is 0 Å². The first-order valence-electron chi connectivity index (χ1n) is 10.3. The Balaban J connectivity index is 1.33. The monoisotopic (exact) mass is 417 g/mol. The molecule has 5 rings (SSSR count). The minimum absolute atomic E-state index is 0.166. The molecule has 158 valence electrons. The molecular weight excluding hydrogens is 394 g/mol. The zero-order valence-electron chi connectivity index (χ0n) is 17.2. The third kappa shape index (κ3) is 3.89. The van der Waals surface area contributed by atoms with Crippen molar-refractivity contribution in [1.82, 2.24) is 15.3 Å². The lowest BCUT2D eigenvalue weighted by atomic mass is 10.1. The van der Waals surface area contributed by atoms with Gasteiger partial charge in [-0.25, -0.2) is 4.98 Å². The average Bonchev–Trinajstić information content (AvgIpc) is 3.47. The van der Waals surface area contributed by atoms with Gasteiger partial charge in [0.25, 0.3) is 5.91 Å². The summed E-state index contributed by atoms with van der Waals surface area (Å²) in [5.74, 6) is 1.08. The summed E-state index contributed by atoms with van der Waals surface area (Å²) in [6.45, 7) is 3.56. The molecule has 0 bridgehead atoms. The minimum atomic E-state index is -0.346. The number of fused-ring (bicyclic) bond motifs is 1. The van der Waals surface area contributed by atoms with E-state index in [2.05, 4.69) is 25.5 Å². The second-order valence-electron chi connectivity index (χ2n) is 7.52. The number of hydrogen-bond acceptors (Lipinski definition) is 7. The molecule has 1 aliphatic heterocycles. The molecule has 0 unspecified atom stereocenters. The Morgan fingerprint density at radius 3 is 2.94 bits per heavy atom. The topological polar surface area (TPSA) is 92.5 Å². The van der Waals surface area contributed by atoms with E-state index in [4.69, 9.17) is 9.15 Å². The molecule has 0 spiro atoms. The van der Waals surface area contributed by atoms with E-state index in [1.54, 1.807) is 19.5 Å². The van der Waals surface area contributed by atoms with Crippen LogP contribution >= 0.6 is 0 Å². The fourth-order valence-corrected chi connectivity index (χ4v) is 3.95. The van der Waals surface area contributed by atoms with Crippen LogP contribution in [-0.4, -0.2) is 49.2 Å². The van der Waals surface area contributed by atoms with Gasteiger partial charge in [0, 0.05) is 44.4 Å². The zero-order valence-corrected chi connectivity index (χ0v) is 17.2. The summed E-state index contributed by atoms with van der Waals surface area (Å²) in [6, 6.07) is 7.88. The van der Waals surface area contributed by atoms with Crippen LogP contribution in [0.5, 0.6) is 5.75 Å². The van der Waals surface area contributed by atoms with Crippen molar-refractivity contribution in [1.29, 1.82) is 0 Å². The number of hydrogen-bond donors (Lipinski definition) is 2. The fourth-order valence-electron chi connectivity index (χ4n) is 3.95. The van der Waals surface area contributed by atoms with Crippen molar-refractivity contribution >= 4 is 28.9 Å². The molecule has 0 atom stereocenters. The molecule has 3 aromatic rings. The number of pyridine rings is 1. The molecule has 2 N–H and O–H groups in total. The lowest BCUT2D eigenvalue weighted by molar-refractivity contribution is 0.0996. The molecule has 1 aromatic carbocycles. The SMILES string of the molecule is COc1ccc2c(c1)C=C(c1ncc(C(=O)Nc3cnccc3N3CCNCC3)o1)C2. The molecule has 1 fully saturated rings. The summed E-state index contributed by atoms with van der Waals surface area (Å²) in [7, 11) is 1.65. The Hall–Kier alpha value is -3.65. The van der Waals surface area contributed by atoms with Crippen molar-refractivity contribution in [3.05, 3.63) is 65.6 Å². The number of ether oxygens (including phenoxy) is 1. The number of carbonyl (C=O) groups is 1. The summed E-state index contributed by atoms with van der Waals surface area (Å²) in [5, 5.41) is 6.26. The molecule has 8 heteroatoms. The van der Waals surface area contributed by atoms with Gasteiger partial charge in [0.1, 0.15) is 5.75 Å². The third-order valence-corrected chi connectivity index (χ3v) is 5.57. The van der Waals surface area contributed by atoms with E-state index in [0.29, 0.717) is 18.0 Å². The molecule has 1 amide bonds. The van der Waals surface area contributed by atoms with Crippen molar-refractivity contribution in [2.75, 3.05) is 43.5 Å². The van der Waals surface area contributed by atoms with Crippen LogP contribution in [-0.2, 0) is 6.42 Å². The Labute approximate surface area is 179 Å². The predicted molar refractivity (Wildman–Crippen MR) is 118 cm³/mol. The van der Waals surface area contributed by atoms with Gasteiger partial charge in [-0.15, -0.1) is 0 Å². The van der Waals surface area contributed by atoms with Crippen LogP contribution in [0.25, 0.3) is 11.6 Å². The van der Waals surface area contributed by atoms with Crippen LogP contribution in [0.15, 0.2) is 47.3 Å². The highest BCUT2D eigenvalue weighted by atomic mass is 16.5. The van der Waals surface area contributed by atoms with Crippen LogP contribution in [0.1, 0.15) is 27.6 Å². The Morgan fingerprint density at radius 2 is 2.10 bits per heavy atom. The van der Waals surface area contributed by atoms with Gasteiger partial charge in [-0.3, -0.25) is 9.78 Å². The van der Waals surface area contributed by atoms with Gasteiger partial charge in [0.15, 0.2) is 0 Å².